The maximum absolute atomic E-state index is 13.7. The number of fused-ring (bicyclic) bond motifs is 2. The number of hydrogen-bond acceptors (Lipinski definition) is 4. The van der Waals surface area contributed by atoms with Gasteiger partial charge in [0.25, 0.3) is 5.91 Å². The highest BCUT2D eigenvalue weighted by molar-refractivity contribution is 6.09. The number of benzene rings is 3. The van der Waals surface area contributed by atoms with Crippen molar-refractivity contribution in [3.8, 4) is 11.1 Å². The number of nitrogens with one attached hydrogen (secondary N) is 3. The van der Waals surface area contributed by atoms with E-state index in [0.717, 1.165) is 53.1 Å². The fraction of sp³-hybridized carbons (Fsp3) is 0.286. The Bertz CT molecular complexity index is 1280. The van der Waals surface area contributed by atoms with Gasteiger partial charge in [0.1, 0.15) is 0 Å². The summed E-state index contributed by atoms with van der Waals surface area (Å²) in [5.41, 5.74) is 8.57. The number of hydrogen-bond donors (Lipinski definition) is 3. The Hall–Kier alpha value is -3.80. The predicted molar refractivity (Wildman–Crippen MR) is 139 cm³/mol. The van der Waals surface area contributed by atoms with Crippen molar-refractivity contribution in [2.75, 3.05) is 33.9 Å². The largest absolute Gasteiger partial charge is 0.384 e. The maximum atomic E-state index is 13.7. The molecule has 0 saturated carbocycles. The molecule has 6 nitrogen and oxygen atoms in total. The molecule has 3 aromatic carbocycles. The lowest BCUT2D eigenvalue weighted by Gasteiger charge is -2.23. The molecule has 2 aliphatic rings. The van der Waals surface area contributed by atoms with Crippen LogP contribution in [-0.4, -0.2) is 30.9 Å². The van der Waals surface area contributed by atoms with Crippen molar-refractivity contribution < 1.29 is 9.59 Å². The molecule has 0 bridgehead atoms. The fourth-order valence-electron chi connectivity index (χ4n) is 4.84. The molecule has 0 radical (unpaired) electrons. The van der Waals surface area contributed by atoms with E-state index in [4.69, 9.17) is 0 Å². The predicted octanol–water partition coefficient (Wildman–Crippen LogP) is 5.44. The van der Waals surface area contributed by atoms with E-state index in [-0.39, 0.29) is 17.9 Å². The number of carbonyl (C=O) groups is 2. The first-order chi connectivity index (χ1) is 16.4. The average molecular weight is 455 g/mol. The number of rotatable bonds is 3. The molecule has 5 rings (SSSR count). The first kappa shape index (κ1) is 22.0. The summed E-state index contributed by atoms with van der Waals surface area (Å²) in [7, 11) is 0. The summed E-state index contributed by atoms with van der Waals surface area (Å²) < 4.78 is 0. The lowest BCUT2D eigenvalue weighted by Crippen LogP contribution is -2.32. The Balaban J connectivity index is 1.53. The van der Waals surface area contributed by atoms with E-state index in [2.05, 4.69) is 54.1 Å². The summed E-state index contributed by atoms with van der Waals surface area (Å²) in [4.78, 5) is 27.6. The summed E-state index contributed by atoms with van der Waals surface area (Å²) in [6, 6.07) is 18.3. The number of aryl methyl sites for hydroxylation is 1. The van der Waals surface area contributed by atoms with Gasteiger partial charge in [-0.1, -0.05) is 18.2 Å². The molecular weight excluding hydrogens is 424 g/mol. The van der Waals surface area contributed by atoms with Gasteiger partial charge in [0.05, 0.1) is 11.4 Å². The van der Waals surface area contributed by atoms with Gasteiger partial charge < -0.3 is 20.9 Å². The number of anilines is 4. The van der Waals surface area contributed by atoms with E-state index >= 15 is 0 Å². The first-order valence-corrected chi connectivity index (χ1v) is 11.9. The zero-order valence-electron chi connectivity index (χ0n) is 19.9. The van der Waals surface area contributed by atoms with Gasteiger partial charge in [0.15, 0.2) is 0 Å². The fourth-order valence-corrected chi connectivity index (χ4v) is 4.84. The van der Waals surface area contributed by atoms with Crippen LogP contribution in [0, 0.1) is 6.92 Å². The standard InChI is InChI=1S/C28H30N4O2/c1-17-4-9-27-26(14-17)30-18(2)11-13-32(27)28(34)22-5-7-23(25(16-22)31-19(3)33)20-6-8-24-21(15-20)10-12-29-24/h4-9,14-16,18,29-30H,10-13H2,1-3H3,(H,31,33). The second kappa shape index (κ2) is 8.86. The third kappa shape index (κ3) is 4.23. The van der Waals surface area contributed by atoms with Gasteiger partial charge in [-0.15, -0.1) is 0 Å². The number of nitrogens with zero attached hydrogens (tertiary/aromatic N) is 1. The molecular formula is C28H30N4O2. The molecule has 2 amide bonds. The molecule has 1 atom stereocenters. The highest BCUT2D eigenvalue weighted by atomic mass is 16.2. The Morgan fingerprint density at radius 3 is 2.71 bits per heavy atom. The minimum atomic E-state index is -0.165. The second-order valence-electron chi connectivity index (χ2n) is 9.30. The number of amides is 2. The number of carbonyl (C=O) groups excluding carboxylic acids is 2. The molecule has 0 fully saturated rings. The van der Waals surface area contributed by atoms with Gasteiger partial charge in [-0.2, -0.15) is 0 Å². The van der Waals surface area contributed by atoms with Crippen LogP contribution in [0.15, 0.2) is 54.6 Å². The second-order valence-corrected chi connectivity index (χ2v) is 9.30. The van der Waals surface area contributed by atoms with Crippen LogP contribution in [0.4, 0.5) is 22.7 Å². The Morgan fingerprint density at radius 2 is 1.88 bits per heavy atom. The van der Waals surface area contributed by atoms with Gasteiger partial charge >= 0.3 is 0 Å². The van der Waals surface area contributed by atoms with Crippen molar-refractivity contribution in [2.45, 2.75) is 39.7 Å². The zero-order chi connectivity index (χ0) is 23.8. The Morgan fingerprint density at radius 1 is 1.03 bits per heavy atom. The Kier molecular flexibility index (Phi) is 5.74. The van der Waals surface area contributed by atoms with Crippen LogP contribution in [-0.2, 0) is 11.2 Å². The van der Waals surface area contributed by atoms with Crippen LogP contribution in [0.2, 0.25) is 0 Å². The summed E-state index contributed by atoms with van der Waals surface area (Å²) >= 11 is 0. The topological polar surface area (TPSA) is 73.5 Å². The first-order valence-electron chi connectivity index (χ1n) is 11.9. The van der Waals surface area contributed by atoms with Gasteiger partial charge in [0.2, 0.25) is 5.91 Å². The monoisotopic (exact) mass is 454 g/mol. The van der Waals surface area contributed by atoms with Crippen LogP contribution in [0.25, 0.3) is 11.1 Å². The van der Waals surface area contributed by atoms with Crippen molar-refractivity contribution >= 4 is 34.6 Å². The summed E-state index contributed by atoms with van der Waals surface area (Å²) in [6.07, 6.45) is 1.83. The van der Waals surface area contributed by atoms with E-state index < -0.39 is 0 Å². The molecule has 2 heterocycles. The molecule has 3 aromatic rings. The van der Waals surface area contributed by atoms with Gasteiger partial charge in [0, 0.05) is 48.6 Å². The van der Waals surface area contributed by atoms with Gasteiger partial charge in [-0.05, 0) is 79.8 Å². The van der Waals surface area contributed by atoms with Crippen molar-refractivity contribution in [3.63, 3.8) is 0 Å². The third-order valence-corrected chi connectivity index (χ3v) is 6.58. The molecule has 0 aliphatic carbocycles. The van der Waals surface area contributed by atoms with E-state index in [1.54, 1.807) is 6.07 Å². The van der Waals surface area contributed by atoms with Crippen molar-refractivity contribution in [3.05, 3.63) is 71.3 Å². The van der Waals surface area contributed by atoms with E-state index in [1.165, 1.54) is 12.5 Å². The van der Waals surface area contributed by atoms with E-state index in [1.807, 2.05) is 29.2 Å². The zero-order valence-corrected chi connectivity index (χ0v) is 19.9. The summed E-state index contributed by atoms with van der Waals surface area (Å²) in [6.45, 7) is 7.24. The lowest BCUT2D eigenvalue weighted by molar-refractivity contribution is -0.114. The summed E-state index contributed by atoms with van der Waals surface area (Å²) in [5.74, 6) is -0.236. The third-order valence-electron chi connectivity index (χ3n) is 6.58. The van der Waals surface area contributed by atoms with E-state index in [9.17, 15) is 9.59 Å². The molecule has 2 aliphatic heterocycles. The molecule has 1 unspecified atom stereocenters. The van der Waals surface area contributed by atoms with Crippen LogP contribution in [0.5, 0.6) is 0 Å². The Labute approximate surface area is 200 Å². The molecule has 3 N–H and O–H groups in total. The molecule has 0 spiro atoms. The summed E-state index contributed by atoms with van der Waals surface area (Å²) in [5, 5.41) is 9.86. The minimum Gasteiger partial charge on any atom is -0.384 e. The van der Waals surface area contributed by atoms with Crippen LogP contribution in [0.3, 0.4) is 0 Å². The smallest absolute Gasteiger partial charge is 0.258 e. The molecule has 0 saturated heterocycles. The van der Waals surface area contributed by atoms with Crippen molar-refractivity contribution in [2.24, 2.45) is 0 Å². The van der Waals surface area contributed by atoms with Crippen molar-refractivity contribution in [1.82, 2.24) is 0 Å². The molecule has 6 heteroatoms. The normalized spacial score (nSPS) is 16.6. The minimum absolute atomic E-state index is 0.0719. The quantitative estimate of drug-likeness (QED) is 0.493. The average Bonchev–Trinajstić information content (AvgIpc) is 3.21. The van der Waals surface area contributed by atoms with Crippen LogP contribution < -0.4 is 20.9 Å². The maximum Gasteiger partial charge on any atom is 0.258 e. The molecule has 34 heavy (non-hydrogen) atoms. The highest BCUT2D eigenvalue weighted by Crippen LogP contribution is 2.36. The molecule has 0 aromatic heterocycles. The van der Waals surface area contributed by atoms with E-state index in [0.29, 0.717) is 17.8 Å². The SMILES string of the molecule is CC(=O)Nc1cc(C(=O)N2CCC(C)Nc3cc(C)ccc32)ccc1-c1ccc2c(c1)CCN2. The van der Waals surface area contributed by atoms with Crippen LogP contribution >= 0.6 is 0 Å². The molecule has 174 valence electrons. The lowest BCUT2D eigenvalue weighted by atomic mass is 9.98. The van der Waals surface area contributed by atoms with Gasteiger partial charge in [-0.25, -0.2) is 0 Å². The highest BCUT2D eigenvalue weighted by Gasteiger charge is 2.25. The van der Waals surface area contributed by atoms with Crippen molar-refractivity contribution in [1.29, 1.82) is 0 Å². The van der Waals surface area contributed by atoms with Crippen LogP contribution in [0.1, 0.15) is 41.8 Å². The van der Waals surface area contributed by atoms with Gasteiger partial charge in [-0.3, -0.25) is 9.59 Å².